The van der Waals surface area contributed by atoms with Gasteiger partial charge in [-0.2, -0.15) is 5.10 Å². The monoisotopic (exact) mass is 314 g/mol. The number of aromatic amines is 1. The quantitative estimate of drug-likeness (QED) is 0.890. The number of aromatic nitrogens is 2. The van der Waals surface area contributed by atoms with Crippen molar-refractivity contribution in [1.82, 2.24) is 15.1 Å². The Bertz CT molecular complexity index is 689. The first-order chi connectivity index (χ1) is 10.9. The number of amides is 2. The maximum Gasteiger partial charge on any atom is 0.256 e. The smallest absolute Gasteiger partial charge is 0.256 e. The number of nitrogens with zero attached hydrogens (tertiary/aromatic N) is 2. The van der Waals surface area contributed by atoms with Crippen LogP contribution in [-0.4, -0.2) is 34.0 Å². The largest absolute Gasteiger partial charge is 0.341 e. The molecule has 0 saturated heterocycles. The number of aryl methyl sites for hydroxylation is 1. The average Bonchev–Trinajstić information content (AvgIpc) is 2.92. The summed E-state index contributed by atoms with van der Waals surface area (Å²) in [5, 5.41) is 9.47. The lowest BCUT2D eigenvalue weighted by Crippen LogP contribution is -2.29. The predicted molar refractivity (Wildman–Crippen MR) is 89.0 cm³/mol. The zero-order valence-electron chi connectivity index (χ0n) is 13.9. The van der Waals surface area contributed by atoms with Crippen molar-refractivity contribution in [2.45, 2.75) is 27.3 Å². The van der Waals surface area contributed by atoms with Crippen LogP contribution in [0, 0.1) is 12.8 Å². The molecule has 1 heterocycles. The maximum absolute atomic E-state index is 12.1. The third-order valence-electron chi connectivity index (χ3n) is 3.45. The highest BCUT2D eigenvalue weighted by Crippen LogP contribution is 2.11. The number of hydrogen-bond acceptors (Lipinski definition) is 3. The number of H-pyrrole nitrogens is 1. The van der Waals surface area contributed by atoms with E-state index in [-0.39, 0.29) is 17.7 Å². The molecule has 0 spiro atoms. The first-order valence-corrected chi connectivity index (χ1v) is 7.54. The van der Waals surface area contributed by atoms with Crippen molar-refractivity contribution >= 4 is 17.6 Å². The van der Waals surface area contributed by atoms with Gasteiger partial charge in [0.15, 0.2) is 5.82 Å². The molecule has 0 saturated carbocycles. The molecule has 1 aromatic carbocycles. The topological polar surface area (TPSA) is 78.1 Å². The van der Waals surface area contributed by atoms with Crippen LogP contribution in [0.25, 0.3) is 0 Å². The van der Waals surface area contributed by atoms with Gasteiger partial charge in [0.1, 0.15) is 0 Å². The first kappa shape index (κ1) is 16.7. The van der Waals surface area contributed by atoms with Gasteiger partial charge in [0.05, 0.1) is 0 Å². The number of benzene rings is 1. The number of rotatable bonds is 5. The van der Waals surface area contributed by atoms with Crippen molar-refractivity contribution in [2.75, 3.05) is 12.4 Å². The highest BCUT2D eigenvalue weighted by molar-refractivity contribution is 6.03. The molecule has 0 atom stereocenters. The number of hydrogen-bond donors (Lipinski definition) is 2. The summed E-state index contributed by atoms with van der Waals surface area (Å²) < 4.78 is 0. The Labute approximate surface area is 135 Å². The average molecular weight is 314 g/mol. The van der Waals surface area contributed by atoms with Gasteiger partial charge in [-0.1, -0.05) is 26.0 Å². The third kappa shape index (κ3) is 4.42. The second kappa shape index (κ2) is 7.09. The fourth-order valence-corrected chi connectivity index (χ4v) is 2.22. The van der Waals surface area contributed by atoms with E-state index in [1.807, 2.05) is 32.9 Å². The Morgan fingerprint density at radius 2 is 1.91 bits per heavy atom. The Balaban J connectivity index is 1.98. The summed E-state index contributed by atoms with van der Waals surface area (Å²) in [6, 6.07) is 8.97. The van der Waals surface area contributed by atoms with Crippen LogP contribution in [0.15, 0.2) is 30.3 Å². The lowest BCUT2D eigenvalue weighted by Gasteiger charge is -2.19. The summed E-state index contributed by atoms with van der Waals surface area (Å²) in [7, 11) is 1.78. The molecule has 122 valence electrons. The van der Waals surface area contributed by atoms with Gasteiger partial charge in [-0.3, -0.25) is 14.7 Å². The van der Waals surface area contributed by atoms with Crippen molar-refractivity contribution < 1.29 is 9.59 Å². The molecular formula is C17H22N4O2. The first-order valence-electron chi connectivity index (χ1n) is 7.54. The van der Waals surface area contributed by atoms with E-state index in [4.69, 9.17) is 0 Å². The van der Waals surface area contributed by atoms with Gasteiger partial charge < -0.3 is 10.2 Å². The number of carbonyl (C=O) groups is 2. The van der Waals surface area contributed by atoms with Gasteiger partial charge in [-0.25, -0.2) is 0 Å². The minimum atomic E-state index is -0.213. The van der Waals surface area contributed by atoms with Gasteiger partial charge in [0.25, 0.3) is 5.91 Å². The van der Waals surface area contributed by atoms with E-state index in [1.165, 1.54) is 0 Å². The highest BCUT2D eigenvalue weighted by atomic mass is 16.2. The van der Waals surface area contributed by atoms with Crippen molar-refractivity contribution in [2.24, 2.45) is 5.92 Å². The van der Waals surface area contributed by atoms with Crippen molar-refractivity contribution in [3.8, 4) is 0 Å². The lowest BCUT2D eigenvalue weighted by molar-refractivity contribution is -0.133. The van der Waals surface area contributed by atoms with Crippen LogP contribution >= 0.6 is 0 Å². The molecule has 0 fully saturated rings. The molecule has 6 nitrogen and oxygen atoms in total. The molecule has 2 amide bonds. The molecule has 0 aliphatic rings. The van der Waals surface area contributed by atoms with Crippen molar-refractivity contribution in [1.29, 1.82) is 0 Å². The molecule has 2 N–H and O–H groups in total. The SMILES string of the molecule is Cc1cc(NC(=O)c2ccc(CN(C)C(=O)C(C)C)cc2)n[nH]1. The Kier molecular flexibility index (Phi) is 5.16. The highest BCUT2D eigenvalue weighted by Gasteiger charge is 2.13. The molecule has 0 aliphatic carbocycles. The molecule has 0 bridgehead atoms. The van der Waals surface area contributed by atoms with Gasteiger partial charge >= 0.3 is 0 Å². The molecule has 2 aromatic rings. The van der Waals surface area contributed by atoms with Crippen LogP contribution in [0.2, 0.25) is 0 Å². The minimum absolute atomic E-state index is 0.0256. The summed E-state index contributed by atoms with van der Waals surface area (Å²) >= 11 is 0. The summed E-state index contributed by atoms with van der Waals surface area (Å²) in [6.07, 6.45) is 0. The van der Waals surface area contributed by atoms with E-state index in [0.717, 1.165) is 11.3 Å². The van der Waals surface area contributed by atoms with E-state index in [9.17, 15) is 9.59 Å². The summed E-state index contributed by atoms with van der Waals surface area (Å²) in [4.78, 5) is 25.7. The van der Waals surface area contributed by atoms with Gasteiger partial charge in [0, 0.05) is 36.8 Å². The van der Waals surface area contributed by atoms with E-state index in [0.29, 0.717) is 17.9 Å². The standard InChI is InChI=1S/C17H22N4O2/c1-11(2)17(23)21(4)10-13-5-7-14(8-6-13)16(22)18-15-9-12(3)19-20-15/h5-9,11H,10H2,1-4H3,(H2,18,19,20,22). The fourth-order valence-electron chi connectivity index (χ4n) is 2.22. The second-order valence-electron chi connectivity index (χ2n) is 5.94. The second-order valence-corrected chi connectivity index (χ2v) is 5.94. The van der Waals surface area contributed by atoms with Crippen LogP contribution in [-0.2, 0) is 11.3 Å². The van der Waals surface area contributed by atoms with E-state index >= 15 is 0 Å². The molecule has 6 heteroatoms. The van der Waals surface area contributed by atoms with Gasteiger partial charge in [-0.05, 0) is 24.6 Å². The van der Waals surface area contributed by atoms with Gasteiger partial charge in [-0.15, -0.1) is 0 Å². The fraction of sp³-hybridized carbons (Fsp3) is 0.353. The lowest BCUT2D eigenvalue weighted by atomic mass is 10.1. The van der Waals surface area contributed by atoms with E-state index in [2.05, 4.69) is 15.5 Å². The Morgan fingerprint density at radius 3 is 2.43 bits per heavy atom. The van der Waals surface area contributed by atoms with Crippen LogP contribution in [0.3, 0.4) is 0 Å². The molecule has 0 unspecified atom stereocenters. The van der Waals surface area contributed by atoms with E-state index < -0.39 is 0 Å². The van der Waals surface area contributed by atoms with Gasteiger partial charge in [0.2, 0.25) is 5.91 Å². The van der Waals surface area contributed by atoms with Crippen LogP contribution < -0.4 is 5.32 Å². The van der Waals surface area contributed by atoms with Crippen LogP contribution in [0.1, 0.15) is 35.5 Å². The van der Waals surface area contributed by atoms with E-state index in [1.54, 1.807) is 30.1 Å². The normalized spacial score (nSPS) is 10.7. The molecule has 1 aromatic heterocycles. The van der Waals surface area contributed by atoms with Crippen molar-refractivity contribution in [3.05, 3.63) is 47.2 Å². The molecule has 23 heavy (non-hydrogen) atoms. The number of nitrogens with one attached hydrogen (secondary N) is 2. The zero-order valence-corrected chi connectivity index (χ0v) is 13.9. The van der Waals surface area contributed by atoms with Crippen molar-refractivity contribution in [3.63, 3.8) is 0 Å². The maximum atomic E-state index is 12.1. The summed E-state index contributed by atoms with van der Waals surface area (Å²) in [6.45, 7) is 6.15. The predicted octanol–water partition coefficient (Wildman–Crippen LogP) is 2.58. The number of carbonyl (C=O) groups excluding carboxylic acids is 2. The zero-order chi connectivity index (χ0) is 17.0. The van der Waals surface area contributed by atoms with Crippen LogP contribution in [0.4, 0.5) is 5.82 Å². The molecular weight excluding hydrogens is 292 g/mol. The summed E-state index contributed by atoms with van der Waals surface area (Å²) in [5.41, 5.74) is 2.41. The Morgan fingerprint density at radius 1 is 1.26 bits per heavy atom. The third-order valence-corrected chi connectivity index (χ3v) is 3.45. The minimum Gasteiger partial charge on any atom is -0.341 e. The number of anilines is 1. The molecule has 0 radical (unpaired) electrons. The molecule has 2 rings (SSSR count). The summed E-state index contributed by atoms with van der Waals surface area (Å²) in [5.74, 6) is 0.358. The Hall–Kier alpha value is -2.63. The molecule has 0 aliphatic heterocycles. The van der Waals surface area contributed by atoms with Crippen LogP contribution in [0.5, 0.6) is 0 Å².